The van der Waals surface area contributed by atoms with E-state index in [0.717, 1.165) is 26.2 Å². The van der Waals surface area contributed by atoms with Crippen molar-refractivity contribution in [2.24, 2.45) is 4.99 Å². The Labute approximate surface area is 50.2 Å². The maximum atomic E-state index is 4.11. The van der Waals surface area contributed by atoms with Gasteiger partial charge in [-0.05, 0) is 6.54 Å². The van der Waals surface area contributed by atoms with Gasteiger partial charge in [-0.1, -0.05) is 6.92 Å². The lowest BCUT2D eigenvalue weighted by atomic mass is 10.4. The largest absolute Gasteiger partial charge is 0.297 e. The molecule has 0 unspecified atom stereocenters. The molecule has 2 nitrogen and oxygen atoms in total. The molecule has 1 aliphatic heterocycles. The van der Waals surface area contributed by atoms with Crippen molar-refractivity contribution in [2.75, 3.05) is 26.2 Å². The summed E-state index contributed by atoms with van der Waals surface area (Å²) < 4.78 is 0. The van der Waals surface area contributed by atoms with E-state index >= 15 is 0 Å². The molecule has 1 rings (SSSR count). The van der Waals surface area contributed by atoms with Crippen LogP contribution in [0.2, 0.25) is 0 Å². The quantitative estimate of drug-likeness (QED) is 0.479. The van der Waals surface area contributed by atoms with Crippen molar-refractivity contribution in [3.63, 3.8) is 0 Å². The predicted octanol–water partition coefficient (Wildman–Crippen LogP) is 0.393. The Kier molecular flexibility index (Phi) is 2.03. The lowest BCUT2D eigenvalue weighted by Gasteiger charge is -2.19. The van der Waals surface area contributed by atoms with Crippen molar-refractivity contribution < 1.29 is 0 Å². The SMILES string of the molecule is CCN1CC=NCC1. The van der Waals surface area contributed by atoms with Gasteiger partial charge in [0, 0.05) is 19.3 Å². The Morgan fingerprint density at radius 2 is 2.62 bits per heavy atom. The van der Waals surface area contributed by atoms with Crippen LogP contribution >= 0.6 is 0 Å². The zero-order valence-electron chi connectivity index (χ0n) is 5.30. The summed E-state index contributed by atoms with van der Waals surface area (Å²) in [5, 5.41) is 0. The molecule has 0 aliphatic carbocycles. The van der Waals surface area contributed by atoms with E-state index in [1.54, 1.807) is 0 Å². The zero-order valence-corrected chi connectivity index (χ0v) is 5.30. The first-order chi connectivity index (χ1) is 3.93. The van der Waals surface area contributed by atoms with Crippen molar-refractivity contribution in [1.82, 2.24) is 4.90 Å². The Morgan fingerprint density at radius 1 is 1.75 bits per heavy atom. The third kappa shape index (κ3) is 1.30. The fourth-order valence-electron chi connectivity index (χ4n) is 0.842. The van der Waals surface area contributed by atoms with E-state index in [1.807, 2.05) is 6.21 Å². The summed E-state index contributed by atoms with van der Waals surface area (Å²) >= 11 is 0. The first kappa shape index (κ1) is 5.76. The van der Waals surface area contributed by atoms with Crippen LogP contribution in [-0.2, 0) is 0 Å². The van der Waals surface area contributed by atoms with Gasteiger partial charge in [-0.3, -0.25) is 9.89 Å². The minimum Gasteiger partial charge on any atom is -0.297 e. The first-order valence-corrected chi connectivity index (χ1v) is 3.14. The molecule has 2 heteroatoms. The van der Waals surface area contributed by atoms with Crippen LogP contribution in [0.4, 0.5) is 0 Å². The Morgan fingerprint density at radius 3 is 3.00 bits per heavy atom. The highest BCUT2D eigenvalue weighted by molar-refractivity contribution is 5.60. The maximum absolute atomic E-state index is 4.11. The van der Waals surface area contributed by atoms with Gasteiger partial charge < -0.3 is 0 Å². The number of hydrogen-bond donors (Lipinski definition) is 0. The van der Waals surface area contributed by atoms with Gasteiger partial charge >= 0.3 is 0 Å². The number of likely N-dealkylation sites (N-methyl/N-ethyl adjacent to an activating group) is 1. The van der Waals surface area contributed by atoms with Gasteiger partial charge in [-0.25, -0.2) is 0 Å². The second-order valence-corrected chi connectivity index (χ2v) is 1.98. The maximum Gasteiger partial charge on any atom is 0.0513 e. The summed E-state index contributed by atoms with van der Waals surface area (Å²) in [4.78, 5) is 6.48. The first-order valence-electron chi connectivity index (χ1n) is 3.14. The lowest BCUT2D eigenvalue weighted by Crippen LogP contribution is -2.31. The van der Waals surface area contributed by atoms with Crippen molar-refractivity contribution in [2.45, 2.75) is 6.92 Å². The molecule has 0 aromatic heterocycles. The molecule has 1 aliphatic rings. The van der Waals surface area contributed by atoms with Crippen molar-refractivity contribution in [1.29, 1.82) is 0 Å². The number of rotatable bonds is 1. The van der Waals surface area contributed by atoms with Gasteiger partial charge in [0.2, 0.25) is 0 Å². The summed E-state index contributed by atoms with van der Waals surface area (Å²) in [7, 11) is 0. The molecule has 0 N–H and O–H groups in total. The zero-order chi connectivity index (χ0) is 5.82. The molecular weight excluding hydrogens is 100 g/mol. The van der Waals surface area contributed by atoms with Crippen molar-refractivity contribution in [3.8, 4) is 0 Å². The fourth-order valence-corrected chi connectivity index (χ4v) is 0.842. The minimum absolute atomic E-state index is 0.994. The number of aliphatic imine (C=N–C) groups is 1. The van der Waals surface area contributed by atoms with E-state index < -0.39 is 0 Å². The van der Waals surface area contributed by atoms with E-state index in [9.17, 15) is 0 Å². The third-order valence-corrected chi connectivity index (χ3v) is 1.46. The van der Waals surface area contributed by atoms with Crippen LogP contribution in [0.1, 0.15) is 6.92 Å². The van der Waals surface area contributed by atoms with Gasteiger partial charge in [-0.2, -0.15) is 0 Å². The molecule has 0 amide bonds. The lowest BCUT2D eigenvalue weighted by molar-refractivity contribution is 0.330. The van der Waals surface area contributed by atoms with E-state index in [4.69, 9.17) is 0 Å². The molecule has 0 bridgehead atoms. The number of nitrogens with zero attached hydrogens (tertiary/aromatic N) is 2. The summed E-state index contributed by atoms with van der Waals surface area (Å²) in [6.45, 7) is 6.53. The molecule has 0 spiro atoms. The van der Waals surface area contributed by atoms with Crippen LogP contribution in [-0.4, -0.2) is 37.3 Å². The average molecular weight is 112 g/mol. The van der Waals surface area contributed by atoms with Crippen LogP contribution < -0.4 is 0 Å². The van der Waals surface area contributed by atoms with Crippen LogP contribution in [0.5, 0.6) is 0 Å². The Hall–Kier alpha value is -0.370. The highest BCUT2D eigenvalue weighted by Gasteiger charge is 2.01. The molecule has 0 atom stereocenters. The Balaban J connectivity index is 2.27. The highest BCUT2D eigenvalue weighted by atomic mass is 15.1. The Bertz CT molecular complexity index is 88.5. The molecule has 46 valence electrons. The second kappa shape index (κ2) is 2.82. The minimum atomic E-state index is 0.994. The van der Waals surface area contributed by atoms with E-state index in [0.29, 0.717) is 0 Å². The summed E-state index contributed by atoms with van der Waals surface area (Å²) in [6, 6.07) is 0. The molecule has 0 aromatic rings. The van der Waals surface area contributed by atoms with E-state index in [2.05, 4.69) is 16.8 Å². The van der Waals surface area contributed by atoms with Gasteiger partial charge in [0.1, 0.15) is 0 Å². The van der Waals surface area contributed by atoms with Crippen LogP contribution in [0.15, 0.2) is 4.99 Å². The average Bonchev–Trinajstić information content (AvgIpc) is 1.90. The molecule has 8 heavy (non-hydrogen) atoms. The van der Waals surface area contributed by atoms with Crippen molar-refractivity contribution in [3.05, 3.63) is 0 Å². The molecule has 0 fully saturated rings. The normalized spacial score (nSPS) is 21.6. The molecule has 0 radical (unpaired) electrons. The molecule has 0 saturated carbocycles. The van der Waals surface area contributed by atoms with Gasteiger partial charge in [0.05, 0.1) is 6.54 Å². The topological polar surface area (TPSA) is 15.6 Å². The molecule has 1 heterocycles. The van der Waals surface area contributed by atoms with E-state index in [1.165, 1.54) is 0 Å². The summed E-state index contributed by atoms with van der Waals surface area (Å²) in [5.74, 6) is 0. The van der Waals surface area contributed by atoms with Crippen molar-refractivity contribution >= 4 is 6.21 Å². The predicted molar refractivity (Wildman–Crippen MR) is 35.5 cm³/mol. The van der Waals surface area contributed by atoms with Gasteiger partial charge in [0.25, 0.3) is 0 Å². The molecule has 0 saturated heterocycles. The monoisotopic (exact) mass is 112 g/mol. The van der Waals surface area contributed by atoms with Crippen LogP contribution in [0.25, 0.3) is 0 Å². The standard InChI is InChI=1S/C6H12N2/c1-2-8-5-3-7-4-6-8/h3H,2,4-6H2,1H3. The smallest absolute Gasteiger partial charge is 0.0513 e. The second-order valence-electron chi connectivity index (χ2n) is 1.98. The number of hydrogen-bond acceptors (Lipinski definition) is 2. The molecule has 0 aromatic carbocycles. The summed E-state index contributed by atoms with van der Waals surface area (Å²) in [6.07, 6.45) is 1.99. The van der Waals surface area contributed by atoms with E-state index in [-0.39, 0.29) is 0 Å². The van der Waals surface area contributed by atoms with Gasteiger partial charge in [0.15, 0.2) is 0 Å². The highest BCUT2D eigenvalue weighted by Crippen LogP contribution is 1.89. The third-order valence-electron chi connectivity index (χ3n) is 1.46. The fraction of sp³-hybridized carbons (Fsp3) is 0.833. The van der Waals surface area contributed by atoms with Crippen LogP contribution in [0.3, 0.4) is 0 Å². The summed E-state index contributed by atoms with van der Waals surface area (Å²) in [5.41, 5.74) is 0. The van der Waals surface area contributed by atoms with Gasteiger partial charge in [-0.15, -0.1) is 0 Å². The molecular formula is C6H12N2. The van der Waals surface area contributed by atoms with Crippen LogP contribution in [0, 0.1) is 0 Å².